The molecule has 3 aromatic rings. The number of hydrogen-bond donors (Lipinski definition) is 0. The minimum Gasteiger partial charge on any atom is -0.343 e. The fourth-order valence-electron chi connectivity index (χ4n) is 4.79. The van der Waals surface area contributed by atoms with Crippen molar-refractivity contribution in [2.75, 3.05) is 20.1 Å². The molecule has 0 radical (unpaired) electrons. The molecule has 1 saturated heterocycles. The first-order valence-corrected chi connectivity index (χ1v) is 12.0. The number of amides is 2. The van der Waals surface area contributed by atoms with E-state index < -0.39 is 0 Å². The fraction of sp³-hybridized carbons (Fsp3) is 0.462. The summed E-state index contributed by atoms with van der Waals surface area (Å²) in [6.07, 6.45) is 8.47. The van der Waals surface area contributed by atoms with Crippen molar-refractivity contribution < 1.29 is 9.59 Å². The zero-order valence-electron chi connectivity index (χ0n) is 20.1. The predicted octanol–water partition coefficient (Wildman–Crippen LogP) is 2.79. The van der Waals surface area contributed by atoms with Crippen molar-refractivity contribution in [2.45, 2.75) is 51.7 Å². The Morgan fingerprint density at radius 1 is 1.06 bits per heavy atom. The van der Waals surface area contributed by atoms with E-state index in [1.54, 1.807) is 10.9 Å². The summed E-state index contributed by atoms with van der Waals surface area (Å²) in [7, 11) is 1.91. The number of nitrogens with zero attached hydrogens (tertiary/aromatic N) is 6. The van der Waals surface area contributed by atoms with Gasteiger partial charge in [-0.2, -0.15) is 10.2 Å². The number of rotatable bonds is 9. The van der Waals surface area contributed by atoms with E-state index in [1.165, 1.54) is 5.56 Å². The second-order valence-electron chi connectivity index (χ2n) is 9.15. The molecule has 0 unspecified atom stereocenters. The van der Waals surface area contributed by atoms with Crippen LogP contribution >= 0.6 is 0 Å². The van der Waals surface area contributed by atoms with Gasteiger partial charge in [-0.05, 0) is 49.8 Å². The van der Waals surface area contributed by atoms with Gasteiger partial charge in [0, 0.05) is 57.7 Å². The van der Waals surface area contributed by atoms with Crippen LogP contribution in [0.25, 0.3) is 0 Å². The third kappa shape index (κ3) is 6.12. The number of likely N-dealkylation sites (tertiary alicyclic amines) is 1. The van der Waals surface area contributed by atoms with Gasteiger partial charge in [0.2, 0.25) is 11.8 Å². The molecule has 4 rings (SSSR count). The molecule has 0 aliphatic carbocycles. The second-order valence-corrected chi connectivity index (χ2v) is 9.15. The molecule has 3 heterocycles. The number of carbonyl (C=O) groups is 2. The van der Waals surface area contributed by atoms with Crippen molar-refractivity contribution in [2.24, 2.45) is 5.92 Å². The van der Waals surface area contributed by atoms with Crippen LogP contribution in [0.15, 0.2) is 61.1 Å². The smallest absolute Gasteiger partial charge is 0.244 e. The molecule has 0 N–H and O–H groups in total. The molecule has 1 fully saturated rings. The number of benzene rings is 1. The third-order valence-electron chi connectivity index (χ3n) is 6.80. The Bertz CT molecular complexity index is 1050. The van der Waals surface area contributed by atoms with E-state index in [9.17, 15) is 9.59 Å². The van der Waals surface area contributed by atoms with E-state index in [4.69, 9.17) is 0 Å². The summed E-state index contributed by atoms with van der Waals surface area (Å²) in [4.78, 5) is 29.7. The average molecular weight is 463 g/mol. The Hall–Kier alpha value is -3.42. The van der Waals surface area contributed by atoms with Crippen LogP contribution in [0.2, 0.25) is 0 Å². The lowest BCUT2D eigenvalue weighted by Crippen LogP contribution is -2.49. The van der Waals surface area contributed by atoms with Gasteiger partial charge < -0.3 is 9.80 Å². The van der Waals surface area contributed by atoms with Gasteiger partial charge in [-0.3, -0.25) is 19.0 Å². The second kappa shape index (κ2) is 11.1. The quantitative estimate of drug-likeness (QED) is 0.490. The van der Waals surface area contributed by atoms with Gasteiger partial charge in [0.1, 0.15) is 6.54 Å². The van der Waals surface area contributed by atoms with Crippen LogP contribution in [0.5, 0.6) is 0 Å². The number of aromatic nitrogens is 4. The first kappa shape index (κ1) is 23.7. The van der Waals surface area contributed by atoms with E-state index in [1.807, 2.05) is 71.2 Å². The van der Waals surface area contributed by atoms with Gasteiger partial charge in [-0.15, -0.1) is 0 Å². The number of hydrogen-bond acceptors (Lipinski definition) is 4. The van der Waals surface area contributed by atoms with E-state index >= 15 is 0 Å². The number of piperidine rings is 1. The normalized spacial score (nSPS) is 15.3. The molecule has 8 nitrogen and oxygen atoms in total. The van der Waals surface area contributed by atoms with Crippen LogP contribution in [0.1, 0.15) is 30.5 Å². The summed E-state index contributed by atoms with van der Waals surface area (Å²) in [6.45, 7) is 4.25. The zero-order chi connectivity index (χ0) is 23.9. The van der Waals surface area contributed by atoms with Gasteiger partial charge in [0.05, 0.1) is 5.69 Å². The predicted molar refractivity (Wildman–Crippen MR) is 130 cm³/mol. The van der Waals surface area contributed by atoms with Crippen molar-refractivity contribution in [3.63, 3.8) is 0 Å². The number of likely N-dealkylation sites (N-methyl/N-ethyl adjacent to an activating group) is 1. The highest BCUT2D eigenvalue weighted by Crippen LogP contribution is 2.27. The van der Waals surface area contributed by atoms with Crippen molar-refractivity contribution in [3.05, 3.63) is 72.3 Å². The molecule has 0 spiro atoms. The summed E-state index contributed by atoms with van der Waals surface area (Å²) in [5, 5.41) is 8.55. The highest BCUT2D eigenvalue weighted by atomic mass is 16.2. The molecule has 180 valence electrons. The minimum absolute atomic E-state index is 0.0534. The standard InChI is InChI=1S/C26H34N6O2/c1-21-9-17-31(28-21)18-12-25(33)30-15-10-23(11-16-30)24(19-22-7-4-3-5-8-22)29(2)26(34)20-32-14-6-13-27-32/h3-9,13-14,17,23-24H,10-12,15-16,18-20H2,1-2H3/t24-/m0/s1. The van der Waals surface area contributed by atoms with Gasteiger partial charge >= 0.3 is 0 Å². The SMILES string of the molecule is Cc1ccn(CCC(=O)N2CCC([C@H](Cc3ccccc3)N(C)C(=O)Cn3cccn3)CC2)n1. The van der Waals surface area contributed by atoms with Gasteiger partial charge in [-0.25, -0.2) is 0 Å². The van der Waals surface area contributed by atoms with Crippen LogP contribution in [-0.4, -0.2) is 67.4 Å². The zero-order valence-corrected chi connectivity index (χ0v) is 20.1. The topological polar surface area (TPSA) is 76.3 Å². The van der Waals surface area contributed by atoms with Gasteiger partial charge in [0.15, 0.2) is 0 Å². The van der Waals surface area contributed by atoms with Crippen LogP contribution in [0.4, 0.5) is 0 Å². The fourth-order valence-corrected chi connectivity index (χ4v) is 4.79. The number of carbonyl (C=O) groups excluding carboxylic acids is 2. The van der Waals surface area contributed by atoms with Gasteiger partial charge in [-0.1, -0.05) is 30.3 Å². The van der Waals surface area contributed by atoms with E-state index in [2.05, 4.69) is 22.3 Å². The summed E-state index contributed by atoms with van der Waals surface area (Å²) >= 11 is 0. The van der Waals surface area contributed by atoms with E-state index in [0.717, 1.165) is 38.0 Å². The monoisotopic (exact) mass is 462 g/mol. The first-order valence-electron chi connectivity index (χ1n) is 12.0. The Morgan fingerprint density at radius 3 is 2.47 bits per heavy atom. The van der Waals surface area contributed by atoms with Crippen molar-refractivity contribution in [3.8, 4) is 0 Å². The molecule has 1 aliphatic rings. The summed E-state index contributed by atoms with van der Waals surface area (Å²) in [6, 6.07) is 14.2. The maximum Gasteiger partial charge on any atom is 0.244 e. The highest BCUT2D eigenvalue weighted by molar-refractivity contribution is 5.76. The lowest BCUT2D eigenvalue weighted by molar-refractivity contribution is -0.137. The summed E-state index contributed by atoms with van der Waals surface area (Å²) < 4.78 is 3.50. The molecule has 0 bridgehead atoms. The molecule has 34 heavy (non-hydrogen) atoms. The molecule has 2 aromatic heterocycles. The molecule has 2 amide bonds. The lowest BCUT2D eigenvalue weighted by Gasteiger charge is -2.40. The largest absolute Gasteiger partial charge is 0.343 e. The van der Waals surface area contributed by atoms with Crippen molar-refractivity contribution >= 4 is 11.8 Å². The van der Waals surface area contributed by atoms with Gasteiger partial charge in [0.25, 0.3) is 0 Å². The van der Waals surface area contributed by atoms with Crippen LogP contribution in [0, 0.1) is 12.8 Å². The average Bonchev–Trinajstić information content (AvgIpc) is 3.53. The number of aryl methyl sites for hydroxylation is 2. The lowest BCUT2D eigenvalue weighted by atomic mass is 9.85. The Kier molecular flexibility index (Phi) is 7.77. The molecule has 1 aromatic carbocycles. The van der Waals surface area contributed by atoms with Crippen molar-refractivity contribution in [1.29, 1.82) is 0 Å². The Balaban J connectivity index is 1.37. The first-order chi connectivity index (χ1) is 16.5. The summed E-state index contributed by atoms with van der Waals surface area (Å²) in [5.74, 6) is 0.566. The molecule has 8 heteroatoms. The summed E-state index contributed by atoms with van der Waals surface area (Å²) in [5.41, 5.74) is 2.18. The van der Waals surface area contributed by atoms with Crippen LogP contribution < -0.4 is 0 Å². The third-order valence-corrected chi connectivity index (χ3v) is 6.80. The van der Waals surface area contributed by atoms with E-state index in [-0.39, 0.29) is 24.4 Å². The molecule has 0 saturated carbocycles. The highest BCUT2D eigenvalue weighted by Gasteiger charge is 2.32. The maximum absolute atomic E-state index is 13.1. The van der Waals surface area contributed by atoms with Crippen molar-refractivity contribution in [1.82, 2.24) is 29.4 Å². The minimum atomic E-state index is 0.0534. The van der Waals surface area contributed by atoms with Crippen LogP contribution in [0.3, 0.4) is 0 Å². The molecular weight excluding hydrogens is 428 g/mol. The van der Waals surface area contributed by atoms with E-state index in [0.29, 0.717) is 18.9 Å². The molecule has 1 atom stereocenters. The van der Waals surface area contributed by atoms with Crippen LogP contribution in [-0.2, 0) is 29.1 Å². The Morgan fingerprint density at radius 2 is 1.82 bits per heavy atom. The molecule has 1 aliphatic heterocycles. The maximum atomic E-state index is 13.1. The Labute approximate surface area is 201 Å². The molecular formula is C26H34N6O2.